The molecule has 0 unspecified atom stereocenters. The fourth-order valence-corrected chi connectivity index (χ4v) is 2.82. The van der Waals surface area contributed by atoms with E-state index in [0.29, 0.717) is 12.8 Å². The second kappa shape index (κ2) is 5.37. The Morgan fingerprint density at radius 2 is 2.31 bits per heavy atom. The topological polar surface area (TPSA) is 30.0 Å². The Hall–Kier alpha value is -1.00. The average Bonchev–Trinajstić information content (AvgIpc) is 2.87. The summed E-state index contributed by atoms with van der Waals surface area (Å²) in [5.74, 6) is 0.277. The monoisotopic (exact) mass is 251 g/mol. The Morgan fingerprint density at radius 3 is 2.94 bits per heavy atom. The number of carbonyl (C=O) groups excluding carboxylic acids is 1. The maximum absolute atomic E-state index is 11.7. The number of carbonyl (C=O) groups is 1. The highest BCUT2D eigenvalue weighted by Crippen LogP contribution is 2.13. The molecular weight excluding hydrogens is 238 g/mol. The summed E-state index contributed by atoms with van der Waals surface area (Å²) in [4.78, 5) is 17.3. The van der Waals surface area contributed by atoms with Gasteiger partial charge in [0.05, 0.1) is 10.7 Å². The average molecular weight is 251 g/mol. The van der Waals surface area contributed by atoms with Crippen molar-refractivity contribution >= 4 is 28.5 Å². The number of ketones is 1. The van der Waals surface area contributed by atoms with Gasteiger partial charge in [-0.25, -0.2) is 4.98 Å². The van der Waals surface area contributed by atoms with E-state index in [1.165, 1.54) is 4.88 Å². The maximum Gasteiger partial charge on any atom is 0.139 e. The van der Waals surface area contributed by atoms with Crippen LogP contribution in [-0.2, 0) is 17.6 Å². The molecule has 0 spiro atoms. The normalized spacial score (nSPS) is 10.6. The van der Waals surface area contributed by atoms with Crippen molar-refractivity contribution in [2.75, 3.05) is 0 Å². The van der Waals surface area contributed by atoms with Gasteiger partial charge in [0.2, 0.25) is 0 Å². The molecule has 2 heterocycles. The number of aromatic nitrogens is 1. The van der Waals surface area contributed by atoms with Gasteiger partial charge in [0.25, 0.3) is 0 Å². The first-order chi connectivity index (χ1) is 7.74. The second-order valence-electron chi connectivity index (χ2n) is 3.65. The summed E-state index contributed by atoms with van der Waals surface area (Å²) < 4.78 is 0. The highest BCUT2D eigenvalue weighted by atomic mass is 32.1. The lowest BCUT2D eigenvalue weighted by molar-refractivity contribution is -0.118. The van der Waals surface area contributed by atoms with Crippen LogP contribution in [0.4, 0.5) is 0 Å². The number of hydrogen-bond acceptors (Lipinski definition) is 4. The maximum atomic E-state index is 11.7. The van der Waals surface area contributed by atoms with Gasteiger partial charge in [0.15, 0.2) is 0 Å². The van der Waals surface area contributed by atoms with Crippen molar-refractivity contribution in [2.24, 2.45) is 0 Å². The molecule has 0 aromatic carbocycles. The summed E-state index contributed by atoms with van der Waals surface area (Å²) in [6.45, 7) is 1.96. The Morgan fingerprint density at radius 1 is 1.44 bits per heavy atom. The van der Waals surface area contributed by atoms with Crippen LogP contribution >= 0.6 is 22.7 Å². The molecule has 2 aromatic heterocycles. The number of hydrogen-bond donors (Lipinski definition) is 0. The minimum atomic E-state index is 0.277. The van der Waals surface area contributed by atoms with E-state index in [-0.39, 0.29) is 5.78 Å². The van der Waals surface area contributed by atoms with Gasteiger partial charge in [-0.2, -0.15) is 0 Å². The van der Waals surface area contributed by atoms with Crippen LogP contribution in [0.25, 0.3) is 0 Å². The first-order valence-electron chi connectivity index (χ1n) is 5.19. The molecular formula is C12H13NOS2. The van der Waals surface area contributed by atoms with Gasteiger partial charge in [0.1, 0.15) is 5.78 Å². The van der Waals surface area contributed by atoms with E-state index >= 15 is 0 Å². The van der Waals surface area contributed by atoms with Gasteiger partial charge < -0.3 is 0 Å². The SMILES string of the molecule is Cc1nc(CC(=O)CCc2cccs2)cs1. The Kier molecular flexibility index (Phi) is 3.85. The van der Waals surface area contributed by atoms with Crippen molar-refractivity contribution in [3.63, 3.8) is 0 Å². The lowest BCUT2D eigenvalue weighted by Crippen LogP contribution is -2.04. The van der Waals surface area contributed by atoms with Crippen molar-refractivity contribution in [2.45, 2.75) is 26.2 Å². The molecule has 0 fully saturated rings. The molecule has 0 saturated heterocycles. The number of thiazole rings is 1. The van der Waals surface area contributed by atoms with E-state index in [0.717, 1.165) is 17.1 Å². The lowest BCUT2D eigenvalue weighted by atomic mass is 10.1. The number of nitrogens with zero attached hydrogens (tertiary/aromatic N) is 1. The zero-order valence-electron chi connectivity index (χ0n) is 9.10. The van der Waals surface area contributed by atoms with E-state index < -0.39 is 0 Å². The molecule has 0 bridgehead atoms. The van der Waals surface area contributed by atoms with Crippen molar-refractivity contribution in [1.29, 1.82) is 0 Å². The summed E-state index contributed by atoms with van der Waals surface area (Å²) in [7, 11) is 0. The van der Waals surface area contributed by atoms with Crippen molar-refractivity contribution in [3.8, 4) is 0 Å². The standard InChI is InChI=1S/C12H13NOS2/c1-9-13-10(8-16-9)7-11(14)4-5-12-3-2-6-15-12/h2-3,6,8H,4-5,7H2,1H3. The highest BCUT2D eigenvalue weighted by molar-refractivity contribution is 7.10. The molecule has 84 valence electrons. The van der Waals surface area contributed by atoms with Gasteiger partial charge in [-0.1, -0.05) is 6.07 Å². The first kappa shape index (κ1) is 11.5. The summed E-state index contributed by atoms with van der Waals surface area (Å²) >= 11 is 3.31. The molecule has 0 N–H and O–H groups in total. The molecule has 16 heavy (non-hydrogen) atoms. The van der Waals surface area contributed by atoms with Crippen LogP contribution in [0.15, 0.2) is 22.9 Å². The number of thiophene rings is 1. The molecule has 0 aliphatic heterocycles. The molecule has 0 amide bonds. The van der Waals surface area contributed by atoms with Crippen LogP contribution in [0.1, 0.15) is 22.0 Å². The van der Waals surface area contributed by atoms with Crippen LogP contribution in [0.3, 0.4) is 0 Å². The zero-order valence-corrected chi connectivity index (χ0v) is 10.7. The largest absolute Gasteiger partial charge is 0.299 e. The Labute approximate surface area is 103 Å². The van der Waals surface area contributed by atoms with Crippen LogP contribution in [0.2, 0.25) is 0 Å². The van der Waals surface area contributed by atoms with Gasteiger partial charge >= 0.3 is 0 Å². The van der Waals surface area contributed by atoms with Gasteiger partial charge in [-0.05, 0) is 24.8 Å². The van der Waals surface area contributed by atoms with E-state index in [1.807, 2.05) is 23.8 Å². The van der Waals surface area contributed by atoms with Gasteiger partial charge in [-0.15, -0.1) is 22.7 Å². The molecule has 0 aliphatic carbocycles. The van der Waals surface area contributed by atoms with E-state index in [9.17, 15) is 4.79 Å². The summed E-state index contributed by atoms with van der Waals surface area (Å²) in [5.41, 5.74) is 0.915. The minimum absolute atomic E-state index is 0.277. The van der Waals surface area contributed by atoms with Crippen LogP contribution in [-0.4, -0.2) is 10.8 Å². The molecule has 0 radical (unpaired) electrons. The quantitative estimate of drug-likeness (QED) is 0.816. The number of Topliss-reactive ketones (excluding diaryl/α,β-unsaturated/α-hetero) is 1. The van der Waals surface area contributed by atoms with Gasteiger partial charge in [0, 0.05) is 23.1 Å². The Bertz CT molecular complexity index is 459. The van der Waals surface area contributed by atoms with Crippen LogP contribution in [0.5, 0.6) is 0 Å². The predicted molar refractivity (Wildman–Crippen MR) is 68.2 cm³/mol. The first-order valence-corrected chi connectivity index (χ1v) is 6.95. The third-order valence-electron chi connectivity index (χ3n) is 2.28. The molecule has 2 nitrogen and oxygen atoms in total. The number of rotatable bonds is 5. The summed E-state index contributed by atoms with van der Waals surface area (Å²) in [6, 6.07) is 4.10. The highest BCUT2D eigenvalue weighted by Gasteiger charge is 2.07. The fourth-order valence-electron chi connectivity index (χ4n) is 1.50. The summed E-state index contributed by atoms with van der Waals surface area (Å²) in [5, 5.41) is 5.04. The van der Waals surface area contributed by atoms with E-state index in [2.05, 4.69) is 11.1 Å². The van der Waals surface area contributed by atoms with E-state index in [1.54, 1.807) is 22.7 Å². The molecule has 2 rings (SSSR count). The molecule has 4 heteroatoms. The summed E-state index contributed by atoms with van der Waals surface area (Å²) in [6.07, 6.45) is 1.96. The van der Waals surface area contributed by atoms with Crippen molar-refractivity contribution in [1.82, 2.24) is 4.98 Å². The van der Waals surface area contributed by atoms with Gasteiger partial charge in [-0.3, -0.25) is 4.79 Å². The molecule has 0 atom stereocenters. The lowest BCUT2D eigenvalue weighted by Gasteiger charge is -1.97. The van der Waals surface area contributed by atoms with Crippen molar-refractivity contribution in [3.05, 3.63) is 38.5 Å². The fraction of sp³-hybridized carbons (Fsp3) is 0.333. The third-order valence-corrected chi connectivity index (χ3v) is 4.03. The minimum Gasteiger partial charge on any atom is -0.299 e. The smallest absolute Gasteiger partial charge is 0.139 e. The van der Waals surface area contributed by atoms with E-state index in [4.69, 9.17) is 0 Å². The predicted octanol–water partition coefficient (Wildman–Crippen LogP) is 3.26. The van der Waals surface area contributed by atoms with Crippen LogP contribution < -0.4 is 0 Å². The second-order valence-corrected chi connectivity index (χ2v) is 5.75. The molecule has 2 aromatic rings. The van der Waals surface area contributed by atoms with Crippen LogP contribution in [0, 0.1) is 6.92 Å². The molecule has 0 saturated carbocycles. The van der Waals surface area contributed by atoms with Crippen molar-refractivity contribution < 1.29 is 4.79 Å². The molecule has 0 aliphatic rings. The third kappa shape index (κ3) is 3.25. The zero-order chi connectivity index (χ0) is 11.4. The number of aryl methyl sites for hydroxylation is 2. The Balaban J connectivity index is 1.81.